The van der Waals surface area contributed by atoms with Gasteiger partial charge in [0.2, 0.25) is 10.0 Å². The smallest absolute Gasteiger partial charge is 0.240 e. The summed E-state index contributed by atoms with van der Waals surface area (Å²) in [5.41, 5.74) is 1.99. The van der Waals surface area contributed by atoms with Crippen LogP contribution in [0.1, 0.15) is 17.5 Å². The second-order valence-electron chi connectivity index (χ2n) is 4.98. The molecular formula is C16H19NO3S. The average molecular weight is 305 g/mol. The average Bonchev–Trinajstić information content (AvgIpc) is 2.45. The van der Waals surface area contributed by atoms with Crippen molar-refractivity contribution < 1.29 is 13.5 Å². The largest absolute Gasteiger partial charge is 0.508 e. The molecule has 0 unspecified atom stereocenters. The van der Waals surface area contributed by atoms with Crippen LogP contribution in [-0.4, -0.2) is 20.1 Å². The maximum absolute atomic E-state index is 12.1. The molecule has 0 aliphatic rings. The molecule has 0 amide bonds. The van der Waals surface area contributed by atoms with Crippen molar-refractivity contribution in [3.63, 3.8) is 0 Å². The van der Waals surface area contributed by atoms with E-state index in [4.69, 9.17) is 0 Å². The standard InChI is InChI=1S/C16H19NO3S/c1-13-4-2-6-16(12-13)21(19,20)17-11-3-5-14-7-9-15(18)10-8-14/h2,4,6-10,12,17-18H,3,5,11H2,1H3. The van der Waals surface area contributed by atoms with Crippen molar-refractivity contribution in [2.45, 2.75) is 24.7 Å². The monoisotopic (exact) mass is 305 g/mol. The van der Waals surface area contributed by atoms with E-state index >= 15 is 0 Å². The lowest BCUT2D eigenvalue weighted by Crippen LogP contribution is -2.25. The molecule has 0 atom stereocenters. The summed E-state index contributed by atoms with van der Waals surface area (Å²) < 4.78 is 26.8. The third-order valence-electron chi connectivity index (χ3n) is 3.17. The Morgan fingerprint density at radius 1 is 1.10 bits per heavy atom. The topological polar surface area (TPSA) is 66.4 Å². The highest BCUT2D eigenvalue weighted by Gasteiger charge is 2.12. The van der Waals surface area contributed by atoms with Crippen molar-refractivity contribution in [3.05, 3.63) is 59.7 Å². The van der Waals surface area contributed by atoms with Gasteiger partial charge in [-0.1, -0.05) is 24.3 Å². The first kappa shape index (κ1) is 15.5. The van der Waals surface area contributed by atoms with Gasteiger partial charge in [0.1, 0.15) is 5.75 Å². The van der Waals surface area contributed by atoms with Gasteiger partial charge < -0.3 is 5.11 Å². The Bertz CT molecular complexity index is 694. The highest BCUT2D eigenvalue weighted by atomic mass is 32.2. The molecule has 0 aliphatic carbocycles. The van der Waals surface area contributed by atoms with Gasteiger partial charge in [0.15, 0.2) is 0 Å². The van der Waals surface area contributed by atoms with Gasteiger partial charge in [-0.3, -0.25) is 0 Å². The number of hydrogen-bond acceptors (Lipinski definition) is 3. The van der Waals surface area contributed by atoms with E-state index in [1.54, 1.807) is 30.3 Å². The number of rotatable bonds is 6. The molecular weight excluding hydrogens is 286 g/mol. The van der Waals surface area contributed by atoms with Crippen LogP contribution in [0, 0.1) is 6.92 Å². The Balaban J connectivity index is 1.86. The molecule has 0 fully saturated rings. The third-order valence-corrected chi connectivity index (χ3v) is 4.63. The van der Waals surface area contributed by atoms with Crippen LogP contribution in [-0.2, 0) is 16.4 Å². The second kappa shape index (κ2) is 6.74. The first-order valence-electron chi connectivity index (χ1n) is 6.82. The maximum atomic E-state index is 12.1. The van der Waals surface area contributed by atoms with Crippen molar-refractivity contribution in [1.29, 1.82) is 0 Å². The van der Waals surface area contributed by atoms with E-state index in [1.165, 1.54) is 0 Å². The summed E-state index contributed by atoms with van der Waals surface area (Å²) in [6, 6.07) is 13.8. The number of benzene rings is 2. The minimum Gasteiger partial charge on any atom is -0.508 e. The van der Waals surface area contributed by atoms with Crippen LogP contribution in [0.3, 0.4) is 0 Å². The molecule has 0 spiro atoms. The van der Waals surface area contributed by atoms with E-state index in [0.717, 1.165) is 17.5 Å². The van der Waals surface area contributed by atoms with Crippen molar-refractivity contribution in [2.75, 3.05) is 6.54 Å². The molecule has 2 N–H and O–H groups in total. The zero-order chi connectivity index (χ0) is 15.3. The van der Waals surface area contributed by atoms with Crippen LogP contribution >= 0.6 is 0 Å². The number of phenolic OH excluding ortho intramolecular Hbond substituents is 1. The molecule has 2 aromatic carbocycles. The van der Waals surface area contributed by atoms with Crippen molar-refractivity contribution >= 4 is 10.0 Å². The van der Waals surface area contributed by atoms with Gasteiger partial charge in [0.25, 0.3) is 0 Å². The minimum absolute atomic E-state index is 0.235. The zero-order valence-corrected chi connectivity index (χ0v) is 12.7. The predicted octanol–water partition coefficient (Wildman–Crippen LogP) is 2.61. The lowest BCUT2D eigenvalue weighted by atomic mass is 10.1. The molecule has 2 aromatic rings. The minimum atomic E-state index is -3.43. The highest BCUT2D eigenvalue weighted by molar-refractivity contribution is 7.89. The quantitative estimate of drug-likeness (QED) is 0.806. The van der Waals surface area contributed by atoms with Gasteiger partial charge in [0, 0.05) is 6.54 Å². The van der Waals surface area contributed by atoms with E-state index < -0.39 is 10.0 Å². The van der Waals surface area contributed by atoms with Gasteiger partial charge in [-0.25, -0.2) is 13.1 Å². The molecule has 5 heteroatoms. The molecule has 2 rings (SSSR count). The number of sulfonamides is 1. The lowest BCUT2D eigenvalue weighted by molar-refractivity contribution is 0.475. The highest BCUT2D eigenvalue weighted by Crippen LogP contribution is 2.12. The maximum Gasteiger partial charge on any atom is 0.240 e. The van der Waals surface area contributed by atoms with Crippen LogP contribution in [0.5, 0.6) is 5.75 Å². The van der Waals surface area contributed by atoms with E-state index in [-0.39, 0.29) is 5.75 Å². The van der Waals surface area contributed by atoms with Gasteiger partial charge in [-0.15, -0.1) is 0 Å². The Hall–Kier alpha value is -1.85. The molecule has 0 saturated carbocycles. The summed E-state index contributed by atoms with van der Waals surface area (Å²) >= 11 is 0. The lowest BCUT2D eigenvalue weighted by Gasteiger charge is -2.07. The summed E-state index contributed by atoms with van der Waals surface area (Å²) in [6.45, 7) is 2.25. The fraction of sp³-hybridized carbons (Fsp3) is 0.250. The Kier molecular flexibility index (Phi) is 4.98. The van der Waals surface area contributed by atoms with E-state index in [2.05, 4.69) is 4.72 Å². The number of phenols is 1. The number of aryl methyl sites for hydroxylation is 2. The SMILES string of the molecule is Cc1cccc(S(=O)(=O)NCCCc2ccc(O)cc2)c1. The molecule has 4 nitrogen and oxygen atoms in total. The Labute approximate surface area is 125 Å². The van der Waals surface area contributed by atoms with Gasteiger partial charge in [-0.2, -0.15) is 0 Å². The van der Waals surface area contributed by atoms with E-state index in [0.29, 0.717) is 17.9 Å². The fourth-order valence-corrected chi connectivity index (χ4v) is 3.21. The van der Waals surface area contributed by atoms with Crippen LogP contribution < -0.4 is 4.72 Å². The Morgan fingerprint density at radius 2 is 1.81 bits per heavy atom. The summed E-state index contributed by atoms with van der Waals surface area (Å²) in [5.74, 6) is 0.235. The van der Waals surface area contributed by atoms with Gasteiger partial charge in [-0.05, 0) is 55.2 Å². The molecule has 21 heavy (non-hydrogen) atoms. The fourth-order valence-electron chi connectivity index (χ4n) is 2.03. The number of hydrogen-bond donors (Lipinski definition) is 2. The summed E-state index contributed by atoms with van der Waals surface area (Å²) in [4.78, 5) is 0.298. The molecule has 0 radical (unpaired) electrons. The van der Waals surface area contributed by atoms with Crippen LogP contribution in [0.2, 0.25) is 0 Å². The van der Waals surface area contributed by atoms with Gasteiger partial charge >= 0.3 is 0 Å². The summed E-state index contributed by atoms with van der Waals surface area (Å²) in [7, 11) is -3.43. The number of aromatic hydroxyl groups is 1. The van der Waals surface area contributed by atoms with E-state index in [1.807, 2.05) is 25.1 Å². The normalized spacial score (nSPS) is 11.5. The molecule has 0 aliphatic heterocycles. The van der Waals surface area contributed by atoms with Crippen LogP contribution in [0.15, 0.2) is 53.4 Å². The summed E-state index contributed by atoms with van der Waals surface area (Å²) in [5, 5.41) is 9.19. The van der Waals surface area contributed by atoms with Crippen molar-refractivity contribution in [1.82, 2.24) is 4.72 Å². The van der Waals surface area contributed by atoms with Crippen LogP contribution in [0.4, 0.5) is 0 Å². The molecule has 0 saturated heterocycles. The molecule has 0 bridgehead atoms. The molecule has 0 heterocycles. The summed E-state index contributed by atoms with van der Waals surface area (Å²) in [6.07, 6.45) is 1.46. The molecule has 0 aromatic heterocycles. The van der Waals surface area contributed by atoms with Crippen molar-refractivity contribution in [3.8, 4) is 5.75 Å². The second-order valence-corrected chi connectivity index (χ2v) is 6.75. The third kappa shape index (κ3) is 4.58. The van der Waals surface area contributed by atoms with Gasteiger partial charge in [0.05, 0.1) is 4.90 Å². The predicted molar refractivity (Wildman–Crippen MR) is 82.8 cm³/mol. The first-order chi connectivity index (χ1) is 9.97. The van der Waals surface area contributed by atoms with E-state index in [9.17, 15) is 13.5 Å². The van der Waals surface area contributed by atoms with Crippen LogP contribution in [0.25, 0.3) is 0 Å². The van der Waals surface area contributed by atoms with Crippen molar-refractivity contribution in [2.24, 2.45) is 0 Å². The first-order valence-corrected chi connectivity index (χ1v) is 8.30. The molecule has 112 valence electrons. The zero-order valence-electron chi connectivity index (χ0n) is 11.9. The Morgan fingerprint density at radius 3 is 2.48 bits per heavy atom. The number of nitrogens with one attached hydrogen (secondary N) is 1.